The van der Waals surface area contributed by atoms with Crippen molar-refractivity contribution in [2.45, 2.75) is 39.5 Å². The van der Waals surface area contributed by atoms with Crippen molar-refractivity contribution in [1.29, 1.82) is 0 Å². The molecule has 1 aromatic carbocycles. The van der Waals surface area contributed by atoms with Crippen molar-refractivity contribution in [3.05, 3.63) is 23.8 Å². The lowest BCUT2D eigenvalue weighted by atomic mass is 9.95. The third-order valence-electron chi connectivity index (χ3n) is 4.18. The highest BCUT2D eigenvalue weighted by molar-refractivity contribution is 5.91. The molecule has 1 aromatic rings. The quantitative estimate of drug-likeness (QED) is 0.844. The second kappa shape index (κ2) is 8.77. The minimum absolute atomic E-state index is 0.0853. The molecule has 1 atom stereocenters. The highest BCUT2D eigenvalue weighted by Gasteiger charge is 2.23. The van der Waals surface area contributed by atoms with Gasteiger partial charge in [0.2, 0.25) is 0 Å². The van der Waals surface area contributed by atoms with E-state index in [4.69, 9.17) is 9.84 Å². The van der Waals surface area contributed by atoms with Crippen LogP contribution in [0.25, 0.3) is 0 Å². The molecular formula is C18H28N2O3. The molecule has 0 saturated carbocycles. The zero-order valence-electron chi connectivity index (χ0n) is 14.2. The minimum atomic E-state index is -0.0853. The number of piperidine rings is 1. The molecule has 1 fully saturated rings. The summed E-state index contributed by atoms with van der Waals surface area (Å²) >= 11 is 0. The Labute approximate surface area is 138 Å². The summed E-state index contributed by atoms with van der Waals surface area (Å²) in [6, 6.07) is 5.74. The molecule has 0 spiro atoms. The SMILES string of the molecule is CCCOc1cc(C)ccc1NC(=O)N1CCC[C@H](CCO)C1. The number of benzene rings is 1. The summed E-state index contributed by atoms with van der Waals surface area (Å²) in [5.41, 5.74) is 1.83. The molecule has 1 saturated heterocycles. The van der Waals surface area contributed by atoms with Gasteiger partial charge < -0.3 is 20.1 Å². The van der Waals surface area contributed by atoms with Crippen LogP contribution in [0.15, 0.2) is 18.2 Å². The highest BCUT2D eigenvalue weighted by atomic mass is 16.5. The Morgan fingerprint density at radius 1 is 1.48 bits per heavy atom. The fourth-order valence-electron chi connectivity index (χ4n) is 2.93. The first-order valence-corrected chi connectivity index (χ1v) is 8.54. The first-order chi connectivity index (χ1) is 11.1. The van der Waals surface area contributed by atoms with Gasteiger partial charge in [0, 0.05) is 19.7 Å². The van der Waals surface area contributed by atoms with Crippen molar-refractivity contribution in [2.24, 2.45) is 5.92 Å². The van der Waals surface area contributed by atoms with Crippen LogP contribution in [-0.2, 0) is 0 Å². The van der Waals surface area contributed by atoms with Crippen molar-refractivity contribution in [2.75, 3.05) is 31.6 Å². The van der Waals surface area contributed by atoms with Gasteiger partial charge in [-0.3, -0.25) is 0 Å². The van der Waals surface area contributed by atoms with Gasteiger partial charge in [0.25, 0.3) is 0 Å². The lowest BCUT2D eigenvalue weighted by Gasteiger charge is -2.32. The molecule has 1 heterocycles. The van der Waals surface area contributed by atoms with Crippen LogP contribution >= 0.6 is 0 Å². The highest BCUT2D eigenvalue weighted by Crippen LogP contribution is 2.27. The van der Waals surface area contributed by atoms with Crippen molar-refractivity contribution in [3.63, 3.8) is 0 Å². The molecule has 0 radical (unpaired) electrons. The summed E-state index contributed by atoms with van der Waals surface area (Å²) in [6.07, 6.45) is 3.76. The number of amides is 2. The molecule has 0 bridgehead atoms. The van der Waals surface area contributed by atoms with Crippen molar-refractivity contribution in [1.82, 2.24) is 4.90 Å². The van der Waals surface area contributed by atoms with Gasteiger partial charge in [0.05, 0.1) is 12.3 Å². The Balaban J connectivity index is 2.01. The van der Waals surface area contributed by atoms with Crippen LogP contribution in [0.4, 0.5) is 10.5 Å². The maximum absolute atomic E-state index is 12.5. The van der Waals surface area contributed by atoms with Crippen LogP contribution in [0, 0.1) is 12.8 Å². The molecule has 0 aromatic heterocycles. The number of hydrogen-bond donors (Lipinski definition) is 2. The molecule has 2 rings (SSSR count). The number of hydrogen-bond acceptors (Lipinski definition) is 3. The van der Waals surface area contributed by atoms with Gasteiger partial charge in [-0.05, 0) is 56.2 Å². The zero-order valence-corrected chi connectivity index (χ0v) is 14.2. The number of ether oxygens (including phenoxy) is 1. The van der Waals surface area contributed by atoms with Crippen LogP contribution in [0.1, 0.15) is 38.2 Å². The van der Waals surface area contributed by atoms with E-state index >= 15 is 0 Å². The maximum atomic E-state index is 12.5. The number of urea groups is 1. The van der Waals surface area contributed by atoms with Crippen molar-refractivity contribution in [3.8, 4) is 5.75 Å². The van der Waals surface area contributed by atoms with E-state index in [0.29, 0.717) is 19.1 Å². The molecule has 2 amide bonds. The average Bonchev–Trinajstić information content (AvgIpc) is 2.55. The van der Waals surface area contributed by atoms with Crippen LogP contribution in [0.5, 0.6) is 5.75 Å². The summed E-state index contributed by atoms with van der Waals surface area (Å²) in [7, 11) is 0. The van der Waals surface area contributed by atoms with Gasteiger partial charge in [-0.15, -0.1) is 0 Å². The number of aryl methyl sites for hydroxylation is 1. The normalized spacial score (nSPS) is 17.9. The van der Waals surface area contributed by atoms with Gasteiger partial charge in [-0.25, -0.2) is 4.79 Å². The fraction of sp³-hybridized carbons (Fsp3) is 0.611. The molecule has 128 valence electrons. The fourth-order valence-corrected chi connectivity index (χ4v) is 2.93. The van der Waals surface area contributed by atoms with E-state index in [2.05, 4.69) is 12.2 Å². The van der Waals surface area contributed by atoms with E-state index in [-0.39, 0.29) is 12.6 Å². The summed E-state index contributed by atoms with van der Waals surface area (Å²) in [6.45, 7) is 6.37. The summed E-state index contributed by atoms with van der Waals surface area (Å²) in [4.78, 5) is 14.4. The molecule has 1 aliphatic heterocycles. The Morgan fingerprint density at radius 3 is 3.04 bits per heavy atom. The van der Waals surface area contributed by atoms with Gasteiger partial charge in [0.1, 0.15) is 5.75 Å². The van der Waals surface area contributed by atoms with E-state index in [0.717, 1.165) is 49.2 Å². The molecule has 23 heavy (non-hydrogen) atoms. The molecule has 0 unspecified atom stereocenters. The Hall–Kier alpha value is -1.75. The molecule has 5 heteroatoms. The standard InChI is InChI=1S/C18H28N2O3/c1-3-11-23-17-12-14(2)6-7-16(17)19-18(22)20-9-4-5-15(13-20)8-10-21/h6-7,12,15,21H,3-5,8-11,13H2,1-2H3,(H,19,22)/t15-/m1/s1. The number of aliphatic hydroxyl groups excluding tert-OH is 1. The summed E-state index contributed by atoms with van der Waals surface area (Å²) < 4.78 is 5.75. The number of nitrogens with one attached hydrogen (secondary N) is 1. The Bertz CT molecular complexity index is 517. The number of likely N-dealkylation sites (tertiary alicyclic amines) is 1. The Morgan fingerprint density at radius 2 is 2.30 bits per heavy atom. The van der Waals surface area contributed by atoms with Crippen LogP contribution in [0.2, 0.25) is 0 Å². The average molecular weight is 320 g/mol. The second-order valence-corrected chi connectivity index (χ2v) is 6.24. The number of carbonyl (C=O) groups excluding carboxylic acids is 1. The predicted octanol–water partition coefficient (Wildman–Crippen LogP) is 3.41. The largest absolute Gasteiger partial charge is 0.491 e. The summed E-state index contributed by atoms with van der Waals surface area (Å²) in [5, 5.41) is 12.1. The Kier molecular flexibility index (Phi) is 6.71. The lowest BCUT2D eigenvalue weighted by Crippen LogP contribution is -2.42. The van der Waals surface area contributed by atoms with E-state index < -0.39 is 0 Å². The third kappa shape index (κ3) is 5.13. The zero-order chi connectivity index (χ0) is 16.7. The van der Waals surface area contributed by atoms with Gasteiger partial charge in [0.15, 0.2) is 0 Å². The molecule has 2 N–H and O–H groups in total. The number of nitrogens with zero attached hydrogens (tertiary/aromatic N) is 1. The topological polar surface area (TPSA) is 61.8 Å². The molecular weight excluding hydrogens is 292 g/mol. The monoisotopic (exact) mass is 320 g/mol. The van der Waals surface area contributed by atoms with Gasteiger partial charge >= 0.3 is 6.03 Å². The first-order valence-electron chi connectivity index (χ1n) is 8.54. The maximum Gasteiger partial charge on any atom is 0.321 e. The molecule has 1 aliphatic rings. The third-order valence-corrected chi connectivity index (χ3v) is 4.18. The second-order valence-electron chi connectivity index (χ2n) is 6.24. The van der Waals surface area contributed by atoms with E-state index in [1.165, 1.54) is 0 Å². The van der Waals surface area contributed by atoms with Crippen molar-refractivity contribution < 1.29 is 14.6 Å². The molecule has 5 nitrogen and oxygen atoms in total. The van der Waals surface area contributed by atoms with Crippen molar-refractivity contribution >= 4 is 11.7 Å². The van der Waals surface area contributed by atoms with Gasteiger partial charge in [-0.1, -0.05) is 13.0 Å². The van der Waals surface area contributed by atoms with Crippen LogP contribution in [0.3, 0.4) is 0 Å². The molecule has 0 aliphatic carbocycles. The van der Waals surface area contributed by atoms with Crippen LogP contribution < -0.4 is 10.1 Å². The van der Waals surface area contributed by atoms with E-state index in [1.807, 2.05) is 30.0 Å². The first kappa shape index (κ1) is 17.6. The number of anilines is 1. The van der Waals surface area contributed by atoms with E-state index in [9.17, 15) is 4.79 Å². The van der Waals surface area contributed by atoms with Gasteiger partial charge in [-0.2, -0.15) is 0 Å². The smallest absolute Gasteiger partial charge is 0.321 e. The van der Waals surface area contributed by atoms with E-state index in [1.54, 1.807) is 0 Å². The minimum Gasteiger partial charge on any atom is -0.491 e. The number of rotatable bonds is 6. The number of carbonyl (C=O) groups is 1. The summed E-state index contributed by atoms with van der Waals surface area (Å²) in [5.74, 6) is 1.12. The van der Waals surface area contributed by atoms with Crippen LogP contribution in [-0.4, -0.2) is 42.3 Å². The lowest BCUT2D eigenvalue weighted by molar-refractivity contribution is 0.159. The predicted molar refractivity (Wildman–Crippen MR) is 92.0 cm³/mol. The number of aliphatic hydroxyl groups is 1.